The van der Waals surface area contributed by atoms with Crippen molar-refractivity contribution in [3.05, 3.63) is 71.3 Å². The van der Waals surface area contributed by atoms with Crippen molar-refractivity contribution in [3.63, 3.8) is 0 Å². The predicted octanol–water partition coefficient (Wildman–Crippen LogP) is 3.70. The first-order valence-corrected chi connectivity index (χ1v) is 10.1. The molecule has 0 radical (unpaired) electrons. The van der Waals surface area contributed by atoms with Crippen molar-refractivity contribution in [3.8, 4) is 0 Å². The lowest BCUT2D eigenvalue weighted by molar-refractivity contribution is 0.132. The first kappa shape index (κ1) is 21.4. The molecule has 9 heteroatoms. The standard InChI is InChI=1S/C20H21F2NO5S/c21-16-8-9-18(22)17(11-16)20(12-15(20)7-4-10-28-29(25)26)23-19(24)27-13-14-5-2-1-3-6-14/h1-3,5-6,8-9,11,15H,4,7,10,12-13H2,(H,23,24)(H,25,26)/p-1/t15-,20-/m1/s1. The minimum Gasteiger partial charge on any atom is -0.750 e. The number of halogens is 2. The smallest absolute Gasteiger partial charge is 0.408 e. The second kappa shape index (κ2) is 9.43. The molecule has 6 nitrogen and oxygen atoms in total. The number of hydrogen-bond acceptors (Lipinski definition) is 5. The van der Waals surface area contributed by atoms with Crippen molar-refractivity contribution in [1.29, 1.82) is 0 Å². The van der Waals surface area contributed by atoms with E-state index in [0.717, 1.165) is 23.8 Å². The summed E-state index contributed by atoms with van der Waals surface area (Å²) in [5, 5.41) is 2.69. The zero-order chi connectivity index (χ0) is 20.9. The van der Waals surface area contributed by atoms with Gasteiger partial charge in [0, 0.05) is 5.56 Å². The van der Waals surface area contributed by atoms with Gasteiger partial charge in [0.25, 0.3) is 0 Å². The van der Waals surface area contributed by atoms with Crippen LogP contribution in [-0.2, 0) is 32.4 Å². The number of amides is 1. The van der Waals surface area contributed by atoms with Gasteiger partial charge in [-0.1, -0.05) is 30.3 Å². The molecule has 1 amide bonds. The monoisotopic (exact) mass is 424 g/mol. The molecule has 0 spiro atoms. The molecule has 0 bridgehead atoms. The van der Waals surface area contributed by atoms with E-state index in [4.69, 9.17) is 4.74 Å². The third kappa shape index (κ3) is 5.59. The summed E-state index contributed by atoms with van der Waals surface area (Å²) in [5.74, 6) is -1.45. The molecule has 1 saturated carbocycles. The molecule has 1 aliphatic carbocycles. The summed E-state index contributed by atoms with van der Waals surface area (Å²) in [6, 6.07) is 12.2. The highest BCUT2D eigenvalue weighted by atomic mass is 32.2. The zero-order valence-corrected chi connectivity index (χ0v) is 16.3. The van der Waals surface area contributed by atoms with Crippen molar-refractivity contribution >= 4 is 17.5 Å². The van der Waals surface area contributed by atoms with Crippen LogP contribution >= 0.6 is 0 Å². The summed E-state index contributed by atoms with van der Waals surface area (Å²) in [6.45, 7) is 0.0228. The second-order valence-corrected chi connectivity index (χ2v) is 7.50. The number of nitrogens with one attached hydrogen (secondary N) is 1. The molecule has 1 unspecified atom stereocenters. The number of carbonyl (C=O) groups is 1. The fourth-order valence-electron chi connectivity index (χ4n) is 3.47. The molecule has 3 rings (SSSR count). The van der Waals surface area contributed by atoms with Crippen LogP contribution in [0.15, 0.2) is 48.5 Å². The van der Waals surface area contributed by atoms with Gasteiger partial charge >= 0.3 is 6.09 Å². The summed E-state index contributed by atoms with van der Waals surface area (Å²) in [4.78, 5) is 12.4. The van der Waals surface area contributed by atoms with E-state index in [-0.39, 0.29) is 24.7 Å². The normalized spacial score (nSPS) is 21.4. The van der Waals surface area contributed by atoms with Crippen LogP contribution in [-0.4, -0.2) is 21.5 Å². The maximum atomic E-state index is 14.4. The lowest BCUT2D eigenvalue weighted by Gasteiger charge is -2.21. The number of ether oxygens (including phenoxy) is 1. The molecule has 29 heavy (non-hydrogen) atoms. The van der Waals surface area contributed by atoms with Crippen LogP contribution in [0.2, 0.25) is 0 Å². The van der Waals surface area contributed by atoms with Gasteiger partial charge in [-0.2, -0.15) is 0 Å². The Morgan fingerprint density at radius 2 is 2.00 bits per heavy atom. The summed E-state index contributed by atoms with van der Waals surface area (Å²) < 4.78 is 58.7. The minimum absolute atomic E-state index is 0.0211. The Bertz CT molecular complexity index is 882. The molecule has 156 valence electrons. The highest BCUT2D eigenvalue weighted by molar-refractivity contribution is 7.74. The second-order valence-electron chi connectivity index (χ2n) is 6.85. The molecule has 1 N–H and O–H groups in total. The van der Waals surface area contributed by atoms with E-state index in [1.165, 1.54) is 0 Å². The van der Waals surface area contributed by atoms with Gasteiger partial charge in [0.05, 0.1) is 23.5 Å². The van der Waals surface area contributed by atoms with E-state index < -0.39 is 34.6 Å². The highest BCUT2D eigenvalue weighted by Gasteiger charge is 2.57. The first-order chi connectivity index (χ1) is 13.9. The lowest BCUT2D eigenvalue weighted by Crippen LogP contribution is -2.37. The van der Waals surface area contributed by atoms with Crippen LogP contribution in [0.4, 0.5) is 13.6 Å². The van der Waals surface area contributed by atoms with Crippen LogP contribution in [0.1, 0.15) is 30.4 Å². The van der Waals surface area contributed by atoms with Gasteiger partial charge in [0.15, 0.2) is 0 Å². The molecular weight excluding hydrogens is 404 g/mol. The van der Waals surface area contributed by atoms with Gasteiger partial charge in [-0.15, -0.1) is 0 Å². The highest BCUT2D eigenvalue weighted by Crippen LogP contribution is 2.55. The van der Waals surface area contributed by atoms with E-state index in [9.17, 15) is 22.3 Å². The van der Waals surface area contributed by atoms with Crippen LogP contribution in [0, 0.1) is 17.6 Å². The van der Waals surface area contributed by atoms with Crippen molar-refractivity contribution in [2.24, 2.45) is 5.92 Å². The number of rotatable bonds is 9. The molecule has 2 aromatic carbocycles. The quantitative estimate of drug-likeness (QED) is 0.490. The van der Waals surface area contributed by atoms with Crippen LogP contribution < -0.4 is 5.32 Å². The number of carbonyl (C=O) groups excluding carboxylic acids is 1. The molecule has 0 aromatic heterocycles. The van der Waals surface area contributed by atoms with Crippen LogP contribution in [0.5, 0.6) is 0 Å². The van der Waals surface area contributed by atoms with Crippen LogP contribution in [0.25, 0.3) is 0 Å². The summed E-state index contributed by atoms with van der Waals surface area (Å²) in [5.41, 5.74) is -0.257. The van der Waals surface area contributed by atoms with Gasteiger partial charge < -0.3 is 18.8 Å². The Morgan fingerprint density at radius 3 is 2.72 bits per heavy atom. The Labute approximate surface area is 169 Å². The van der Waals surface area contributed by atoms with Crippen molar-refractivity contribution in [2.75, 3.05) is 6.61 Å². The molecule has 3 atom stereocenters. The fraction of sp³-hybridized carbons (Fsp3) is 0.350. The predicted molar refractivity (Wildman–Crippen MR) is 100 cm³/mol. The molecule has 1 fully saturated rings. The topological polar surface area (TPSA) is 87.7 Å². The van der Waals surface area contributed by atoms with E-state index in [0.29, 0.717) is 19.3 Å². The van der Waals surface area contributed by atoms with Crippen molar-refractivity contribution < 1.29 is 31.3 Å². The van der Waals surface area contributed by atoms with E-state index in [2.05, 4.69) is 9.50 Å². The van der Waals surface area contributed by atoms with E-state index in [1.54, 1.807) is 12.1 Å². The lowest BCUT2D eigenvalue weighted by atomic mass is 9.99. The maximum Gasteiger partial charge on any atom is 0.408 e. The van der Waals surface area contributed by atoms with Gasteiger partial charge in [0.1, 0.15) is 18.2 Å². The maximum absolute atomic E-state index is 14.4. The average molecular weight is 424 g/mol. The van der Waals surface area contributed by atoms with Gasteiger partial charge in [0.2, 0.25) is 0 Å². The van der Waals surface area contributed by atoms with E-state index in [1.807, 2.05) is 18.2 Å². The molecular formula is C20H20F2NO5S-. The Balaban J connectivity index is 1.68. The third-order valence-corrected chi connectivity index (χ3v) is 5.29. The molecule has 0 saturated heterocycles. The number of benzene rings is 2. The number of hydrogen-bond donors (Lipinski definition) is 1. The number of alkyl carbamates (subject to hydrolysis) is 1. The van der Waals surface area contributed by atoms with Gasteiger partial charge in [-0.3, -0.25) is 0 Å². The molecule has 0 aliphatic heterocycles. The molecule has 1 aliphatic rings. The summed E-state index contributed by atoms with van der Waals surface area (Å²) >= 11 is -2.60. The molecule has 2 aromatic rings. The van der Waals surface area contributed by atoms with Gasteiger partial charge in [-0.05, 0) is 48.9 Å². The van der Waals surface area contributed by atoms with Gasteiger partial charge in [-0.25, -0.2) is 17.8 Å². The SMILES string of the molecule is O=C(N[C@]1(c2cc(F)ccc2F)C[C@H]1CCCOS(=O)[O-])OCc1ccccc1. The Morgan fingerprint density at radius 1 is 1.24 bits per heavy atom. The first-order valence-electron chi connectivity index (χ1n) is 9.07. The fourth-order valence-corrected chi connectivity index (χ4v) is 3.72. The summed E-state index contributed by atoms with van der Waals surface area (Å²) in [7, 11) is 0. The average Bonchev–Trinajstić information content (AvgIpc) is 3.39. The zero-order valence-electron chi connectivity index (χ0n) is 15.4. The largest absolute Gasteiger partial charge is 0.750 e. The molecule has 0 heterocycles. The third-order valence-electron chi connectivity index (χ3n) is 4.93. The Kier molecular flexibility index (Phi) is 6.94. The van der Waals surface area contributed by atoms with Crippen LogP contribution in [0.3, 0.4) is 0 Å². The van der Waals surface area contributed by atoms with E-state index >= 15 is 0 Å². The minimum atomic E-state index is -2.60. The summed E-state index contributed by atoms with van der Waals surface area (Å²) in [6.07, 6.45) is 0.496. The Hall–Kier alpha value is -2.36. The van der Waals surface area contributed by atoms with Crippen molar-refractivity contribution in [2.45, 2.75) is 31.4 Å². The van der Waals surface area contributed by atoms with Crippen molar-refractivity contribution in [1.82, 2.24) is 5.32 Å².